The van der Waals surface area contributed by atoms with Gasteiger partial charge in [0.2, 0.25) is 10.9 Å². The van der Waals surface area contributed by atoms with Crippen LogP contribution in [0.2, 0.25) is 5.02 Å². The second kappa shape index (κ2) is 11.3. The van der Waals surface area contributed by atoms with Gasteiger partial charge in [0.15, 0.2) is 17.3 Å². The molecule has 0 saturated heterocycles. The molecule has 0 spiro atoms. The average Bonchev–Trinajstić information content (AvgIpc) is 3.29. The van der Waals surface area contributed by atoms with Crippen molar-refractivity contribution in [3.05, 3.63) is 82.4 Å². The average molecular weight is 509 g/mol. The molecule has 0 aliphatic carbocycles. The van der Waals surface area contributed by atoms with E-state index in [-0.39, 0.29) is 0 Å². The van der Waals surface area contributed by atoms with Crippen molar-refractivity contribution in [2.24, 2.45) is 5.10 Å². The van der Waals surface area contributed by atoms with Crippen LogP contribution in [0.25, 0.3) is 11.4 Å². The zero-order valence-corrected chi connectivity index (χ0v) is 21.4. The molecule has 0 aliphatic rings. The molecular weight excluding hydrogens is 484 g/mol. The molecule has 7 nitrogen and oxygen atoms in total. The van der Waals surface area contributed by atoms with Crippen LogP contribution in [0.5, 0.6) is 17.2 Å². The second-order valence-electron chi connectivity index (χ2n) is 7.57. The van der Waals surface area contributed by atoms with Crippen molar-refractivity contribution in [3.63, 3.8) is 0 Å². The number of ether oxygens (including phenoxy) is 3. The molecular formula is C26H25ClN4O3S. The van der Waals surface area contributed by atoms with Crippen LogP contribution in [0.3, 0.4) is 0 Å². The Kier molecular flexibility index (Phi) is 7.94. The Bertz CT molecular complexity index is 1310. The van der Waals surface area contributed by atoms with Gasteiger partial charge in [-0.15, -0.1) is 10.2 Å². The fourth-order valence-corrected chi connectivity index (χ4v) is 4.41. The van der Waals surface area contributed by atoms with Gasteiger partial charge in [0.1, 0.15) is 0 Å². The third-order valence-electron chi connectivity index (χ3n) is 5.24. The molecule has 180 valence electrons. The lowest BCUT2D eigenvalue weighted by molar-refractivity contribution is 0.324. The molecule has 0 bridgehead atoms. The van der Waals surface area contributed by atoms with E-state index in [1.54, 1.807) is 44.0 Å². The van der Waals surface area contributed by atoms with Crippen molar-refractivity contribution in [2.75, 3.05) is 21.3 Å². The van der Waals surface area contributed by atoms with E-state index >= 15 is 0 Å². The monoisotopic (exact) mass is 508 g/mol. The maximum atomic E-state index is 6.34. The highest BCUT2D eigenvalue weighted by molar-refractivity contribution is 7.98. The van der Waals surface area contributed by atoms with Gasteiger partial charge in [-0.1, -0.05) is 71.4 Å². The van der Waals surface area contributed by atoms with Crippen LogP contribution in [-0.2, 0) is 5.75 Å². The van der Waals surface area contributed by atoms with Gasteiger partial charge in [-0.05, 0) is 30.7 Å². The van der Waals surface area contributed by atoms with E-state index in [0.29, 0.717) is 38.8 Å². The second-order valence-corrected chi connectivity index (χ2v) is 8.92. The van der Waals surface area contributed by atoms with Crippen molar-refractivity contribution in [1.29, 1.82) is 0 Å². The summed E-state index contributed by atoms with van der Waals surface area (Å²) in [5.41, 5.74) is 3.90. The number of hydrogen-bond acceptors (Lipinski definition) is 7. The van der Waals surface area contributed by atoms with Crippen LogP contribution in [0.15, 0.2) is 70.9 Å². The highest BCUT2D eigenvalue weighted by atomic mass is 35.5. The number of aromatic nitrogens is 3. The van der Waals surface area contributed by atoms with Crippen LogP contribution < -0.4 is 14.2 Å². The maximum Gasteiger partial charge on any atom is 0.212 e. The molecule has 0 fully saturated rings. The van der Waals surface area contributed by atoms with Crippen LogP contribution in [0, 0.1) is 6.92 Å². The van der Waals surface area contributed by atoms with Crippen LogP contribution >= 0.6 is 23.4 Å². The molecule has 0 aliphatic heterocycles. The summed E-state index contributed by atoms with van der Waals surface area (Å²) in [6.07, 6.45) is 1.70. The first-order valence-electron chi connectivity index (χ1n) is 10.8. The van der Waals surface area contributed by atoms with Crippen LogP contribution in [0.1, 0.15) is 16.7 Å². The van der Waals surface area contributed by atoms with Crippen LogP contribution in [-0.4, -0.2) is 42.4 Å². The first-order chi connectivity index (χ1) is 17.0. The number of methoxy groups -OCH3 is 3. The Balaban J connectivity index is 1.77. The smallest absolute Gasteiger partial charge is 0.212 e. The van der Waals surface area contributed by atoms with Gasteiger partial charge in [-0.2, -0.15) is 9.78 Å². The lowest BCUT2D eigenvalue weighted by atomic mass is 10.1. The molecule has 4 rings (SSSR count). The van der Waals surface area contributed by atoms with Crippen molar-refractivity contribution >= 4 is 29.6 Å². The van der Waals surface area contributed by atoms with Gasteiger partial charge >= 0.3 is 0 Å². The number of thioether (sulfide) groups is 1. The van der Waals surface area contributed by atoms with Gasteiger partial charge in [-0.3, -0.25) is 0 Å². The summed E-state index contributed by atoms with van der Waals surface area (Å²) < 4.78 is 18.2. The molecule has 35 heavy (non-hydrogen) atoms. The number of benzene rings is 3. The Morgan fingerprint density at radius 1 is 0.943 bits per heavy atom. The Morgan fingerprint density at radius 2 is 1.63 bits per heavy atom. The summed E-state index contributed by atoms with van der Waals surface area (Å²) in [6.45, 7) is 2.07. The maximum absolute atomic E-state index is 6.34. The molecule has 1 aromatic heterocycles. The molecule has 0 amide bonds. The van der Waals surface area contributed by atoms with E-state index in [1.165, 1.54) is 11.1 Å². The quantitative estimate of drug-likeness (QED) is 0.201. The van der Waals surface area contributed by atoms with Gasteiger partial charge in [0.05, 0.1) is 27.5 Å². The predicted molar refractivity (Wildman–Crippen MR) is 140 cm³/mol. The minimum absolute atomic E-state index is 0.498. The van der Waals surface area contributed by atoms with Crippen molar-refractivity contribution in [3.8, 4) is 28.6 Å². The minimum Gasteiger partial charge on any atom is -0.493 e. The molecule has 0 atom stereocenters. The van der Waals surface area contributed by atoms with E-state index in [4.69, 9.17) is 30.9 Å². The first kappa shape index (κ1) is 24.6. The van der Waals surface area contributed by atoms with Crippen molar-refractivity contribution in [2.45, 2.75) is 17.8 Å². The number of halogens is 1. The standard InChI is InChI=1S/C26H25ClN4O3S/c1-17-9-11-18(12-10-17)16-35-26-30-29-25(31(26)28-15-19-7-5-6-8-21(19)27)20-13-22(32-2)24(34-4)23(14-20)33-3/h5-15H,16H2,1-4H3/b28-15+. The number of hydrogen-bond donors (Lipinski definition) is 0. The molecule has 9 heteroatoms. The van der Waals surface area contributed by atoms with Gasteiger partial charge in [-0.25, -0.2) is 0 Å². The predicted octanol–water partition coefficient (Wildman–Crippen LogP) is 6.11. The van der Waals surface area contributed by atoms with E-state index < -0.39 is 0 Å². The summed E-state index contributed by atoms with van der Waals surface area (Å²) in [4.78, 5) is 0. The number of nitrogens with zero attached hydrogens (tertiary/aromatic N) is 4. The highest BCUT2D eigenvalue weighted by Gasteiger charge is 2.20. The third-order valence-corrected chi connectivity index (χ3v) is 6.58. The van der Waals surface area contributed by atoms with Gasteiger partial charge in [0.25, 0.3) is 0 Å². The molecule has 0 N–H and O–H groups in total. The number of aryl methyl sites for hydroxylation is 1. The van der Waals surface area contributed by atoms with E-state index in [2.05, 4.69) is 41.4 Å². The van der Waals surface area contributed by atoms with E-state index in [1.807, 2.05) is 36.4 Å². The molecule has 0 radical (unpaired) electrons. The van der Waals surface area contributed by atoms with E-state index in [9.17, 15) is 0 Å². The third kappa shape index (κ3) is 5.61. The Hall–Kier alpha value is -3.49. The number of rotatable bonds is 9. The van der Waals surface area contributed by atoms with Crippen molar-refractivity contribution < 1.29 is 14.2 Å². The van der Waals surface area contributed by atoms with Crippen LogP contribution in [0.4, 0.5) is 0 Å². The first-order valence-corrected chi connectivity index (χ1v) is 12.1. The normalized spacial score (nSPS) is 11.1. The molecule has 4 aromatic rings. The Labute approximate surface area is 213 Å². The Morgan fingerprint density at radius 3 is 2.26 bits per heavy atom. The summed E-state index contributed by atoms with van der Waals surface area (Å²) in [5, 5.41) is 14.8. The van der Waals surface area contributed by atoms with Gasteiger partial charge < -0.3 is 14.2 Å². The summed E-state index contributed by atoms with van der Waals surface area (Å²) >= 11 is 7.89. The molecule has 0 unspecified atom stereocenters. The van der Waals surface area contributed by atoms with Crippen molar-refractivity contribution in [1.82, 2.24) is 14.9 Å². The summed E-state index contributed by atoms with van der Waals surface area (Å²) in [7, 11) is 4.71. The zero-order chi connectivity index (χ0) is 24.8. The summed E-state index contributed by atoms with van der Waals surface area (Å²) in [6, 6.07) is 19.6. The van der Waals surface area contributed by atoms with E-state index in [0.717, 1.165) is 11.3 Å². The highest BCUT2D eigenvalue weighted by Crippen LogP contribution is 2.41. The lowest BCUT2D eigenvalue weighted by Crippen LogP contribution is -2.00. The largest absolute Gasteiger partial charge is 0.493 e. The van der Waals surface area contributed by atoms with Gasteiger partial charge in [0, 0.05) is 21.9 Å². The fraction of sp³-hybridized carbons (Fsp3) is 0.192. The molecule has 1 heterocycles. The zero-order valence-electron chi connectivity index (χ0n) is 19.9. The molecule has 3 aromatic carbocycles. The minimum atomic E-state index is 0.498. The SMILES string of the molecule is COc1cc(-c2nnc(SCc3ccc(C)cc3)n2/N=C/c2ccccc2Cl)cc(OC)c1OC. The topological polar surface area (TPSA) is 70.8 Å². The lowest BCUT2D eigenvalue weighted by Gasteiger charge is -2.14. The summed E-state index contributed by atoms with van der Waals surface area (Å²) in [5.74, 6) is 2.77. The fourth-order valence-electron chi connectivity index (χ4n) is 3.38. The molecule has 0 saturated carbocycles.